The van der Waals surface area contributed by atoms with Crippen LogP contribution in [-0.2, 0) is 42.3 Å². The van der Waals surface area contributed by atoms with Gasteiger partial charge in [0.25, 0.3) is 0 Å². The maximum Gasteiger partial charge on any atom is 0.472 e. The number of carbonyl (C=O) groups is 4. The van der Waals surface area contributed by atoms with Crippen LogP contribution in [-0.4, -0.2) is 65.7 Å². The van der Waals surface area contributed by atoms with Gasteiger partial charge in [-0.05, 0) is 38.2 Å². The van der Waals surface area contributed by atoms with E-state index in [0.717, 1.165) is 70.6 Å². The summed E-state index contributed by atoms with van der Waals surface area (Å²) in [6.45, 7) is 2.59. The van der Waals surface area contributed by atoms with E-state index in [1.165, 1.54) is 51.4 Å². The molecule has 0 aromatic carbocycles. The molecule has 0 aromatic heterocycles. The number of unbranched alkanes of at least 4 members (excludes halogenated alkanes) is 18. The Labute approximate surface area is 313 Å². The number of carboxylic acid groups (broad SMARTS) is 1. The lowest BCUT2D eigenvalue weighted by Crippen LogP contribution is -2.34. The molecule has 0 heterocycles. The Kier molecular flexibility index (Phi) is 32.8. The molecule has 13 heteroatoms. The van der Waals surface area contributed by atoms with E-state index in [-0.39, 0.29) is 25.2 Å². The van der Waals surface area contributed by atoms with Gasteiger partial charge in [-0.2, -0.15) is 0 Å². The standard InChI is InChI=1S/C39H70NO11P/c1-3-5-7-8-9-10-11-12-15-19-22-26-30-38(43)51-35(32-49-52(46,47)50-33-36(40)39(44)45)31-48-37(42)29-25-21-18-16-13-14-17-20-24-28-34(41)27-23-6-4-2/h17,20,24,28,35-36H,3-16,18-19,21-23,25-27,29-33,40H2,1-2H3,(H,44,45)(H,46,47)/b20-17-,28-24+/t35-,36+/m1/s1. The van der Waals surface area contributed by atoms with E-state index in [1.54, 1.807) is 12.2 Å². The second-order valence-corrected chi connectivity index (χ2v) is 14.9. The number of allylic oxidation sites excluding steroid dienone is 4. The van der Waals surface area contributed by atoms with Gasteiger partial charge in [0.2, 0.25) is 0 Å². The van der Waals surface area contributed by atoms with Gasteiger partial charge in [0.1, 0.15) is 12.6 Å². The van der Waals surface area contributed by atoms with Gasteiger partial charge in [-0.15, -0.1) is 0 Å². The molecule has 12 nitrogen and oxygen atoms in total. The van der Waals surface area contributed by atoms with Crippen molar-refractivity contribution < 1.29 is 52.3 Å². The van der Waals surface area contributed by atoms with Crippen molar-refractivity contribution in [2.24, 2.45) is 5.73 Å². The minimum absolute atomic E-state index is 0.147. The van der Waals surface area contributed by atoms with E-state index in [0.29, 0.717) is 19.3 Å². The highest BCUT2D eigenvalue weighted by Crippen LogP contribution is 2.43. The van der Waals surface area contributed by atoms with E-state index in [2.05, 4.69) is 18.4 Å². The van der Waals surface area contributed by atoms with Crippen molar-refractivity contribution in [3.8, 4) is 0 Å². The highest BCUT2D eigenvalue weighted by molar-refractivity contribution is 7.47. The van der Waals surface area contributed by atoms with Crippen molar-refractivity contribution in [2.45, 2.75) is 180 Å². The fraction of sp³-hybridized carbons (Fsp3) is 0.795. The first-order chi connectivity index (χ1) is 25.0. The number of phosphoric ester groups is 1. The van der Waals surface area contributed by atoms with Crippen LogP contribution in [0, 0.1) is 0 Å². The first-order valence-electron chi connectivity index (χ1n) is 19.8. The predicted octanol–water partition coefficient (Wildman–Crippen LogP) is 9.07. The van der Waals surface area contributed by atoms with Crippen LogP contribution in [0.4, 0.5) is 0 Å². The average Bonchev–Trinajstić information content (AvgIpc) is 3.11. The molecule has 0 saturated carbocycles. The Bertz CT molecular complexity index is 1050. The topological polar surface area (TPSA) is 189 Å². The van der Waals surface area contributed by atoms with Crippen LogP contribution < -0.4 is 5.73 Å². The monoisotopic (exact) mass is 759 g/mol. The number of ether oxygens (including phenoxy) is 2. The molecule has 0 rings (SSSR count). The fourth-order valence-electron chi connectivity index (χ4n) is 5.22. The molecule has 3 atom stereocenters. The molecule has 0 spiro atoms. The Morgan fingerprint density at radius 1 is 0.635 bits per heavy atom. The molecule has 0 radical (unpaired) electrons. The molecule has 0 aliphatic carbocycles. The average molecular weight is 760 g/mol. The molecule has 0 aromatic rings. The van der Waals surface area contributed by atoms with Gasteiger partial charge >= 0.3 is 25.7 Å². The minimum atomic E-state index is -4.73. The summed E-state index contributed by atoms with van der Waals surface area (Å²) in [6.07, 6.45) is 29.4. The summed E-state index contributed by atoms with van der Waals surface area (Å²) in [5.74, 6) is -2.29. The van der Waals surface area contributed by atoms with Crippen LogP contribution in [0.2, 0.25) is 0 Å². The second-order valence-electron chi connectivity index (χ2n) is 13.5. The molecule has 0 aliphatic heterocycles. The third kappa shape index (κ3) is 33.5. The van der Waals surface area contributed by atoms with Gasteiger partial charge in [0.05, 0.1) is 13.2 Å². The highest BCUT2D eigenvalue weighted by atomic mass is 31.2. The molecule has 0 amide bonds. The van der Waals surface area contributed by atoms with Crippen LogP contribution in [0.25, 0.3) is 0 Å². The number of nitrogens with two attached hydrogens (primary N) is 1. The van der Waals surface area contributed by atoms with Gasteiger partial charge in [-0.1, -0.05) is 135 Å². The molecule has 0 fully saturated rings. The summed E-state index contributed by atoms with van der Waals surface area (Å²) in [5, 5.41) is 8.86. The summed E-state index contributed by atoms with van der Waals surface area (Å²) in [4.78, 5) is 57.5. The molecule has 302 valence electrons. The zero-order valence-corrected chi connectivity index (χ0v) is 33.0. The quantitative estimate of drug-likeness (QED) is 0.0179. The lowest BCUT2D eigenvalue weighted by Gasteiger charge is -2.20. The number of carbonyl (C=O) groups excluding carboxylic acids is 3. The van der Waals surface area contributed by atoms with Crippen LogP contribution in [0.1, 0.15) is 168 Å². The van der Waals surface area contributed by atoms with Gasteiger partial charge in [0, 0.05) is 19.3 Å². The number of esters is 2. The van der Waals surface area contributed by atoms with E-state index in [1.807, 2.05) is 12.2 Å². The number of phosphoric acid groups is 1. The molecule has 0 aliphatic rings. The van der Waals surface area contributed by atoms with Crippen molar-refractivity contribution in [3.05, 3.63) is 24.3 Å². The van der Waals surface area contributed by atoms with Gasteiger partial charge in [0.15, 0.2) is 11.9 Å². The highest BCUT2D eigenvalue weighted by Gasteiger charge is 2.28. The SMILES string of the molecule is CCCCCCCCCCCCCCC(=O)O[C@H](COC(=O)CCCCCCC/C=C\C=C\C(=O)CCCCC)COP(=O)(O)OC[C@H](N)C(=O)O. The van der Waals surface area contributed by atoms with Crippen LogP contribution in [0.15, 0.2) is 24.3 Å². The second kappa shape index (κ2) is 34.4. The summed E-state index contributed by atoms with van der Waals surface area (Å²) >= 11 is 0. The molecule has 0 saturated heterocycles. The lowest BCUT2D eigenvalue weighted by molar-refractivity contribution is -0.161. The fourth-order valence-corrected chi connectivity index (χ4v) is 6.00. The predicted molar refractivity (Wildman–Crippen MR) is 204 cm³/mol. The summed E-state index contributed by atoms with van der Waals surface area (Å²) in [7, 11) is -4.73. The first kappa shape index (κ1) is 49.6. The molecule has 0 bridgehead atoms. The zero-order valence-electron chi connectivity index (χ0n) is 32.1. The largest absolute Gasteiger partial charge is 0.480 e. The third-order valence-corrected chi connectivity index (χ3v) is 9.38. The van der Waals surface area contributed by atoms with E-state index in [4.69, 9.17) is 24.8 Å². The number of hydrogen-bond donors (Lipinski definition) is 3. The Hall–Kier alpha value is -2.37. The number of hydrogen-bond acceptors (Lipinski definition) is 10. The van der Waals surface area contributed by atoms with Crippen molar-refractivity contribution >= 4 is 31.5 Å². The maximum absolute atomic E-state index is 12.6. The van der Waals surface area contributed by atoms with E-state index >= 15 is 0 Å². The molecular formula is C39H70NO11P. The number of ketones is 1. The van der Waals surface area contributed by atoms with Gasteiger partial charge < -0.3 is 25.2 Å². The van der Waals surface area contributed by atoms with Crippen molar-refractivity contribution in [1.82, 2.24) is 0 Å². The van der Waals surface area contributed by atoms with Crippen LogP contribution in [0.3, 0.4) is 0 Å². The smallest absolute Gasteiger partial charge is 0.472 e. The number of carboxylic acids is 1. The van der Waals surface area contributed by atoms with Crippen molar-refractivity contribution in [1.29, 1.82) is 0 Å². The van der Waals surface area contributed by atoms with Gasteiger partial charge in [-0.3, -0.25) is 28.2 Å². The zero-order chi connectivity index (χ0) is 38.7. The van der Waals surface area contributed by atoms with Gasteiger partial charge in [-0.25, -0.2) is 4.57 Å². The van der Waals surface area contributed by atoms with Crippen LogP contribution in [0.5, 0.6) is 0 Å². The van der Waals surface area contributed by atoms with Crippen molar-refractivity contribution in [3.63, 3.8) is 0 Å². The van der Waals surface area contributed by atoms with Crippen LogP contribution >= 0.6 is 7.82 Å². The van der Waals surface area contributed by atoms with E-state index < -0.39 is 51.1 Å². The molecule has 4 N–H and O–H groups in total. The Morgan fingerprint density at radius 2 is 1.12 bits per heavy atom. The normalized spacial score (nSPS) is 14.0. The summed E-state index contributed by atoms with van der Waals surface area (Å²) < 4.78 is 32.5. The van der Waals surface area contributed by atoms with Crippen molar-refractivity contribution in [2.75, 3.05) is 19.8 Å². The Balaban J connectivity index is 4.47. The lowest BCUT2D eigenvalue weighted by atomic mass is 10.0. The third-order valence-electron chi connectivity index (χ3n) is 8.43. The molecule has 52 heavy (non-hydrogen) atoms. The molecular weight excluding hydrogens is 689 g/mol. The molecule has 1 unspecified atom stereocenters. The number of rotatable bonds is 37. The number of aliphatic carboxylic acids is 1. The Morgan fingerprint density at radius 3 is 1.69 bits per heavy atom. The summed E-state index contributed by atoms with van der Waals surface area (Å²) in [6, 6.07) is -1.53. The summed E-state index contributed by atoms with van der Waals surface area (Å²) in [5.41, 5.74) is 5.31. The first-order valence-corrected chi connectivity index (χ1v) is 21.3. The maximum atomic E-state index is 12.6. The van der Waals surface area contributed by atoms with E-state index in [9.17, 15) is 28.6 Å². The minimum Gasteiger partial charge on any atom is -0.480 e.